The van der Waals surface area contributed by atoms with Crippen molar-refractivity contribution < 1.29 is 43.4 Å². The summed E-state index contributed by atoms with van der Waals surface area (Å²) in [6.07, 6.45) is 20.2. The molecular weight excluding hydrogens is 785 g/mol. The smallest absolute Gasteiger partial charge is 0.330 e. The first-order valence-electron chi connectivity index (χ1n) is 20.5. The number of nitrogens with one attached hydrogen (secondary N) is 1. The van der Waals surface area contributed by atoms with E-state index in [9.17, 15) is 33.6 Å². The Morgan fingerprint density at radius 1 is 0.581 bits per heavy atom. The highest BCUT2D eigenvalue weighted by Gasteiger charge is 2.20. The number of carbonyl (C=O) groups excluding carboxylic acids is 7. The van der Waals surface area contributed by atoms with Crippen LogP contribution in [0.2, 0.25) is 0 Å². The Hall–Kier alpha value is -4.89. The molecule has 11 nitrogen and oxygen atoms in total. The number of allylic oxidation sites excluding steroid dienone is 4. The molecule has 0 heterocycles. The lowest BCUT2D eigenvalue weighted by Gasteiger charge is -2.17. The van der Waals surface area contributed by atoms with Crippen molar-refractivity contribution >= 4 is 40.8 Å². The third kappa shape index (κ3) is 51.3. The molecule has 0 atom stereocenters. The Kier molecular flexibility index (Phi) is 37.4. The van der Waals surface area contributed by atoms with Gasteiger partial charge in [-0.2, -0.15) is 0 Å². The second kappa shape index (κ2) is 33.7. The zero-order valence-corrected chi connectivity index (χ0v) is 42.6. The summed E-state index contributed by atoms with van der Waals surface area (Å²) in [6.45, 7) is 38.0. The summed E-state index contributed by atoms with van der Waals surface area (Å²) in [5, 5.41) is 10.8. The summed E-state index contributed by atoms with van der Waals surface area (Å²) < 4.78 is 4.63. The average molecular weight is 869 g/mol. The molecule has 0 aliphatic carbocycles. The number of terminal acetylenes is 2. The Balaban J connectivity index is -0.000000153. The number of ketones is 5. The van der Waals surface area contributed by atoms with Gasteiger partial charge in [0.1, 0.15) is 6.61 Å². The van der Waals surface area contributed by atoms with E-state index in [0.29, 0.717) is 6.61 Å². The molecule has 0 aromatic rings. The number of likely N-dealkylation sites (N-methyl/N-ethyl adjacent to an activating group) is 1. The van der Waals surface area contributed by atoms with Crippen molar-refractivity contribution in [3.8, 4) is 36.5 Å². The predicted octanol–water partition coefficient (Wildman–Crippen LogP) is 8.37. The molecule has 0 spiro atoms. The van der Waals surface area contributed by atoms with Gasteiger partial charge >= 0.3 is 5.97 Å². The summed E-state index contributed by atoms with van der Waals surface area (Å²) >= 11 is 0. The molecular formula is C51H84N2O9. The SMILES string of the molecule is C#CC(=O)C(C)(C)C.C#CC(=O)NC(C)(C)C.CC(C)(C)C(=O)C#CCO.CC/C=C/C(=O)C(C)(C)C.CCOC(=O)/C=C/C(=O)C(C)(C)C.CN(C)C/C=C/C(=O)C(C)(C)C. The molecule has 0 rings (SSSR count). The average Bonchev–Trinajstić information content (AvgIpc) is 3.09. The quantitative estimate of drug-likeness (QED) is 0.105. The molecule has 0 unspecified atom stereocenters. The van der Waals surface area contributed by atoms with Crippen LogP contribution in [0.25, 0.3) is 0 Å². The van der Waals surface area contributed by atoms with Gasteiger partial charge in [-0.15, -0.1) is 12.8 Å². The summed E-state index contributed by atoms with van der Waals surface area (Å²) in [7, 11) is 3.96. The minimum absolute atomic E-state index is 0.0828. The number of esters is 1. The number of Topliss-reactive ketones (excluding diaryl/α,β-unsaturated/α-hetero) is 2. The number of rotatable bonds is 8. The second-order valence-electron chi connectivity index (χ2n) is 20.0. The third-order valence-corrected chi connectivity index (χ3v) is 6.51. The highest BCUT2D eigenvalue weighted by molar-refractivity contribution is 6.00. The fourth-order valence-electron chi connectivity index (χ4n) is 2.58. The molecule has 0 aliphatic rings. The van der Waals surface area contributed by atoms with E-state index in [2.05, 4.69) is 27.8 Å². The van der Waals surface area contributed by atoms with Crippen LogP contribution in [-0.4, -0.2) is 90.2 Å². The minimum Gasteiger partial charge on any atom is -0.463 e. The number of ether oxygens (including phenoxy) is 1. The van der Waals surface area contributed by atoms with Gasteiger partial charge in [0.05, 0.1) is 6.61 Å². The molecule has 352 valence electrons. The van der Waals surface area contributed by atoms with Crippen molar-refractivity contribution in [1.29, 1.82) is 0 Å². The van der Waals surface area contributed by atoms with Gasteiger partial charge in [-0.05, 0) is 84.2 Å². The van der Waals surface area contributed by atoms with Crippen LogP contribution >= 0.6 is 0 Å². The van der Waals surface area contributed by atoms with Crippen LogP contribution in [0.3, 0.4) is 0 Å². The third-order valence-electron chi connectivity index (χ3n) is 6.51. The lowest BCUT2D eigenvalue weighted by atomic mass is 9.90. The number of aliphatic hydroxyl groups excluding tert-OH is 1. The molecule has 0 saturated carbocycles. The van der Waals surface area contributed by atoms with Gasteiger partial charge in [0, 0.05) is 45.2 Å². The van der Waals surface area contributed by atoms with Gasteiger partial charge in [0.2, 0.25) is 11.6 Å². The highest BCUT2D eigenvalue weighted by atomic mass is 16.5. The van der Waals surface area contributed by atoms with Gasteiger partial charge in [0.25, 0.3) is 5.91 Å². The molecule has 0 aromatic heterocycles. The van der Waals surface area contributed by atoms with Crippen molar-refractivity contribution in [1.82, 2.24) is 10.2 Å². The molecule has 0 fully saturated rings. The lowest BCUT2D eigenvalue weighted by molar-refractivity contribution is -0.137. The number of hydrogen-bond donors (Lipinski definition) is 2. The van der Waals surface area contributed by atoms with E-state index >= 15 is 0 Å². The van der Waals surface area contributed by atoms with Crippen LogP contribution in [0.15, 0.2) is 36.5 Å². The van der Waals surface area contributed by atoms with Gasteiger partial charge in [-0.25, -0.2) is 4.79 Å². The first kappa shape index (κ1) is 68.8. The number of nitrogens with zero attached hydrogens (tertiary/aromatic N) is 1. The molecule has 0 aliphatic heterocycles. The maximum atomic E-state index is 11.3. The zero-order valence-electron chi connectivity index (χ0n) is 42.6. The lowest BCUT2D eigenvalue weighted by Crippen LogP contribution is -2.39. The van der Waals surface area contributed by atoms with Crippen molar-refractivity contribution in [3.63, 3.8) is 0 Å². The van der Waals surface area contributed by atoms with Crippen molar-refractivity contribution in [2.24, 2.45) is 27.1 Å². The number of aliphatic hydroxyl groups is 1. The van der Waals surface area contributed by atoms with Gasteiger partial charge in [-0.1, -0.05) is 129 Å². The van der Waals surface area contributed by atoms with E-state index in [-0.39, 0.29) is 63.2 Å². The maximum absolute atomic E-state index is 11.3. The summed E-state index contributed by atoms with van der Waals surface area (Å²) in [5.74, 6) is 7.88. The minimum atomic E-state index is -0.472. The van der Waals surface area contributed by atoms with Crippen LogP contribution < -0.4 is 5.32 Å². The van der Waals surface area contributed by atoms with Crippen LogP contribution in [0.4, 0.5) is 0 Å². The largest absolute Gasteiger partial charge is 0.463 e. The topological polar surface area (TPSA) is 164 Å². The Labute approximate surface area is 377 Å². The van der Waals surface area contributed by atoms with Gasteiger partial charge in [0.15, 0.2) is 17.3 Å². The molecule has 2 N–H and O–H groups in total. The second-order valence-corrected chi connectivity index (χ2v) is 20.0. The summed E-state index contributed by atoms with van der Waals surface area (Å²) in [4.78, 5) is 78.6. The van der Waals surface area contributed by atoms with Crippen LogP contribution in [0, 0.1) is 63.6 Å². The van der Waals surface area contributed by atoms with Crippen LogP contribution in [0.5, 0.6) is 0 Å². The van der Waals surface area contributed by atoms with Crippen molar-refractivity contribution in [2.75, 3.05) is 33.9 Å². The van der Waals surface area contributed by atoms with E-state index in [4.69, 9.17) is 18.0 Å². The molecule has 1 amide bonds. The highest BCUT2D eigenvalue weighted by Crippen LogP contribution is 2.17. The van der Waals surface area contributed by atoms with Crippen molar-refractivity contribution in [3.05, 3.63) is 36.5 Å². The zero-order chi connectivity index (χ0) is 50.9. The first-order chi connectivity index (χ1) is 27.6. The number of amides is 1. The Bertz CT molecular complexity index is 1620. The molecule has 0 saturated heterocycles. The molecule has 0 aromatic carbocycles. The van der Waals surface area contributed by atoms with Crippen LogP contribution in [-0.2, 0) is 38.3 Å². The molecule has 62 heavy (non-hydrogen) atoms. The Morgan fingerprint density at radius 2 is 0.968 bits per heavy atom. The number of hydrogen-bond acceptors (Lipinski definition) is 10. The van der Waals surface area contributed by atoms with E-state index in [1.807, 2.05) is 106 Å². The van der Waals surface area contributed by atoms with E-state index in [1.165, 1.54) is 6.08 Å². The first-order valence-corrected chi connectivity index (χ1v) is 20.5. The number of carbonyl (C=O) groups is 7. The fourth-order valence-corrected chi connectivity index (χ4v) is 2.58. The molecule has 0 bridgehead atoms. The predicted molar refractivity (Wildman–Crippen MR) is 256 cm³/mol. The maximum Gasteiger partial charge on any atom is 0.330 e. The monoisotopic (exact) mass is 869 g/mol. The molecule has 0 radical (unpaired) electrons. The normalized spacial score (nSPS) is 11.3. The van der Waals surface area contributed by atoms with Gasteiger partial charge in [-0.3, -0.25) is 28.8 Å². The van der Waals surface area contributed by atoms with E-state index in [0.717, 1.165) is 19.0 Å². The Morgan fingerprint density at radius 3 is 1.21 bits per heavy atom. The summed E-state index contributed by atoms with van der Waals surface area (Å²) in [5.41, 5.74) is -1.90. The van der Waals surface area contributed by atoms with E-state index in [1.54, 1.807) is 81.4 Å². The standard InChI is InChI=1S/C10H19NO.C10H16O3.C9H16O.C8H12O2.C7H11NO.C7H10O/c1-10(2,3)9(12)7-6-8-11(4)5;1-5-13-9(12)7-6-8(11)10(2,3)4;1-5-6-7-8(10)9(2,3)4;1-8(2,3)7(10)5-4-6-9;1-5-6(9)8-7(2,3)4;1-5-6(8)7(2,3)4/h6-7H,8H2,1-5H3;6-7H,5H2,1-4H3;6-7H,5H2,1-4H3;9H,6H2,1-3H3;1H,2-4H3,(H,8,9);1H,2-4H3/b3*7-6+;;;. The molecule has 11 heteroatoms. The van der Waals surface area contributed by atoms with Crippen molar-refractivity contribution in [2.45, 2.75) is 150 Å². The van der Waals surface area contributed by atoms with Crippen LogP contribution in [0.1, 0.15) is 145 Å². The fraction of sp³-hybridized carbons (Fsp3) is 0.627. The van der Waals surface area contributed by atoms with Gasteiger partial charge < -0.3 is 20.1 Å². The van der Waals surface area contributed by atoms with E-state index < -0.39 is 16.8 Å². The summed E-state index contributed by atoms with van der Waals surface area (Å²) in [6, 6.07) is 0.